The lowest BCUT2D eigenvalue weighted by Crippen LogP contribution is -2.30. The third kappa shape index (κ3) is 3.93. The van der Waals surface area contributed by atoms with Gasteiger partial charge in [0.25, 0.3) is 40.5 Å². The van der Waals surface area contributed by atoms with Crippen LogP contribution in [0, 0.1) is 0 Å². The molecule has 178 valence electrons. The average molecular weight is 543 g/mol. The van der Waals surface area contributed by atoms with E-state index in [0.29, 0.717) is 12.1 Å². The van der Waals surface area contributed by atoms with Gasteiger partial charge in [0.15, 0.2) is 11.6 Å². The van der Waals surface area contributed by atoms with E-state index in [1.54, 1.807) is 0 Å². The van der Waals surface area contributed by atoms with Gasteiger partial charge in [-0.05, 0) is 18.2 Å². The first kappa shape index (κ1) is 24.9. The largest absolute Gasteiger partial charge is 0.397 e. The molecule has 0 aliphatic heterocycles. The van der Waals surface area contributed by atoms with E-state index in [0.717, 1.165) is 0 Å². The van der Waals surface area contributed by atoms with Crippen LogP contribution in [-0.2, 0) is 40.5 Å². The Morgan fingerprint density at radius 3 is 1.15 bits per heavy atom. The summed E-state index contributed by atoms with van der Waals surface area (Å²) in [6, 6.07) is 0.644. The van der Waals surface area contributed by atoms with E-state index in [1.807, 2.05) is 0 Å². The second kappa shape index (κ2) is 7.11. The molecule has 0 fully saturated rings. The summed E-state index contributed by atoms with van der Waals surface area (Å²) in [6.07, 6.45) is 0. The maximum atomic E-state index is 13.1. The van der Waals surface area contributed by atoms with Gasteiger partial charge in [-0.2, -0.15) is 33.7 Å². The highest BCUT2D eigenvalue weighted by Gasteiger charge is 2.44. The van der Waals surface area contributed by atoms with Crippen molar-refractivity contribution in [2.24, 2.45) is 0 Å². The molecule has 19 heteroatoms. The molecule has 0 amide bonds. The molecule has 0 heterocycles. The minimum atomic E-state index is -5.57. The van der Waals surface area contributed by atoms with Crippen LogP contribution >= 0.6 is 0 Å². The predicted octanol–water partition coefficient (Wildman–Crippen LogP) is -0.969. The zero-order chi connectivity index (χ0) is 25.5. The molecule has 0 aromatic heterocycles. The first-order valence-corrected chi connectivity index (χ1v) is 13.6. The van der Waals surface area contributed by atoms with E-state index < -0.39 is 99.6 Å². The summed E-state index contributed by atoms with van der Waals surface area (Å²) < 4.78 is 132. The number of carbonyl (C=O) groups excluding carboxylic acids is 2. The first-order valence-electron chi connectivity index (χ1n) is 7.82. The minimum absolute atomic E-state index is 0.00869. The summed E-state index contributed by atoms with van der Waals surface area (Å²) in [5.41, 5.74) is -1.26. The Bertz CT molecular complexity index is 1730. The Kier molecular flexibility index (Phi) is 5.35. The quantitative estimate of drug-likeness (QED) is 0.195. The summed E-state index contributed by atoms with van der Waals surface area (Å²) in [4.78, 5) is 20.4. The van der Waals surface area contributed by atoms with Crippen molar-refractivity contribution in [2.75, 3.05) is 5.73 Å². The van der Waals surface area contributed by atoms with Gasteiger partial charge in [0.05, 0.1) is 27.9 Å². The van der Waals surface area contributed by atoms with Crippen molar-refractivity contribution >= 4 is 57.7 Å². The number of carbonyl (C=O) groups is 2. The van der Waals surface area contributed by atoms with Crippen LogP contribution in [0.15, 0.2) is 37.8 Å². The highest BCUT2D eigenvalue weighted by atomic mass is 32.2. The Labute approximate surface area is 184 Å². The lowest BCUT2D eigenvalue weighted by molar-refractivity contribution is 0.0971. The Morgan fingerprint density at radius 1 is 0.515 bits per heavy atom. The van der Waals surface area contributed by atoms with Gasteiger partial charge in [-0.1, -0.05) is 0 Å². The molecular formula is C14H9NO14S4. The number of anilines is 1. The van der Waals surface area contributed by atoms with Gasteiger partial charge in [0.1, 0.15) is 19.6 Å². The smallest absolute Gasteiger partial charge is 0.296 e. The fourth-order valence-electron chi connectivity index (χ4n) is 3.22. The van der Waals surface area contributed by atoms with E-state index >= 15 is 0 Å². The Hall–Kier alpha value is -2.78. The Balaban J connectivity index is 2.71. The van der Waals surface area contributed by atoms with Crippen molar-refractivity contribution < 1.29 is 61.5 Å². The first-order chi connectivity index (χ1) is 14.7. The van der Waals surface area contributed by atoms with Crippen LogP contribution in [0.5, 0.6) is 0 Å². The van der Waals surface area contributed by atoms with Crippen molar-refractivity contribution in [3.8, 4) is 0 Å². The van der Waals surface area contributed by atoms with Crippen LogP contribution < -0.4 is 5.73 Å². The van der Waals surface area contributed by atoms with Crippen molar-refractivity contribution in [1.29, 1.82) is 0 Å². The molecule has 2 aromatic carbocycles. The number of nitrogen functional groups attached to an aromatic ring is 1. The van der Waals surface area contributed by atoms with Gasteiger partial charge in [0, 0.05) is 0 Å². The SMILES string of the molecule is Nc1c(S(=O)(=O)O)cc(S(=O)(=O)O)c2c1C(=O)c1c(S(=O)(=O)O)ccc(S(=O)(=O)O)c1C2=O. The number of hydrogen-bond acceptors (Lipinski definition) is 11. The van der Waals surface area contributed by atoms with Crippen LogP contribution in [0.3, 0.4) is 0 Å². The predicted molar refractivity (Wildman–Crippen MR) is 103 cm³/mol. The van der Waals surface area contributed by atoms with Gasteiger partial charge in [-0.15, -0.1) is 0 Å². The lowest BCUT2D eigenvalue weighted by atomic mass is 9.83. The van der Waals surface area contributed by atoms with Gasteiger partial charge < -0.3 is 5.73 Å². The molecule has 0 spiro atoms. The molecule has 15 nitrogen and oxygen atoms in total. The van der Waals surface area contributed by atoms with Crippen LogP contribution in [0.4, 0.5) is 5.69 Å². The molecule has 3 rings (SSSR count). The summed E-state index contributed by atoms with van der Waals surface area (Å²) in [7, 11) is -21.7. The normalized spacial score (nSPS) is 14.7. The third-order valence-corrected chi connectivity index (χ3v) is 8.01. The molecule has 2 aromatic rings. The maximum Gasteiger partial charge on any atom is 0.296 e. The fourth-order valence-corrected chi connectivity index (χ4v) is 6.05. The molecule has 6 N–H and O–H groups in total. The van der Waals surface area contributed by atoms with Crippen LogP contribution in [0.1, 0.15) is 31.8 Å². The molecule has 0 bridgehead atoms. The summed E-state index contributed by atoms with van der Waals surface area (Å²) in [5.74, 6) is -3.59. The number of fused-ring (bicyclic) bond motifs is 2. The lowest BCUT2D eigenvalue weighted by Gasteiger charge is -2.24. The maximum absolute atomic E-state index is 13.1. The van der Waals surface area contributed by atoms with Crippen molar-refractivity contribution in [3.05, 3.63) is 40.5 Å². The monoisotopic (exact) mass is 543 g/mol. The minimum Gasteiger partial charge on any atom is -0.397 e. The highest BCUT2D eigenvalue weighted by molar-refractivity contribution is 7.87. The van der Waals surface area contributed by atoms with Crippen LogP contribution in [0.25, 0.3) is 0 Å². The zero-order valence-corrected chi connectivity index (χ0v) is 18.6. The fraction of sp³-hybridized carbons (Fsp3) is 0. The summed E-state index contributed by atoms with van der Waals surface area (Å²) in [6.45, 7) is 0. The second-order valence-electron chi connectivity index (χ2n) is 6.41. The van der Waals surface area contributed by atoms with Crippen molar-refractivity contribution in [3.63, 3.8) is 0 Å². The third-order valence-electron chi connectivity index (χ3n) is 4.44. The summed E-state index contributed by atoms with van der Waals surface area (Å²) in [5, 5.41) is 0. The van der Waals surface area contributed by atoms with Crippen LogP contribution in [0.2, 0.25) is 0 Å². The van der Waals surface area contributed by atoms with E-state index in [1.165, 1.54) is 0 Å². The Morgan fingerprint density at radius 2 is 0.818 bits per heavy atom. The van der Waals surface area contributed by atoms with Gasteiger partial charge in [0.2, 0.25) is 0 Å². The number of ketones is 2. The molecule has 0 atom stereocenters. The molecule has 0 saturated carbocycles. The molecule has 1 aliphatic rings. The van der Waals surface area contributed by atoms with Crippen LogP contribution in [-0.4, -0.2) is 63.4 Å². The molecular weight excluding hydrogens is 534 g/mol. The molecule has 1 aliphatic carbocycles. The zero-order valence-electron chi connectivity index (χ0n) is 15.3. The van der Waals surface area contributed by atoms with Gasteiger partial charge in [-0.25, -0.2) is 0 Å². The van der Waals surface area contributed by atoms with E-state index in [-0.39, 0.29) is 6.07 Å². The number of benzene rings is 2. The van der Waals surface area contributed by atoms with E-state index in [4.69, 9.17) is 5.73 Å². The highest BCUT2D eigenvalue weighted by Crippen LogP contribution is 2.42. The van der Waals surface area contributed by atoms with Gasteiger partial charge in [-0.3, -0.25) is 27.8 Å². The molecule has 33 heavy (non-hydrogen) atoms. The van der Waals surface area contributed by atoms with Crippen molar-refractivity contribution in [1.82, 2.24) is 0 Å². The van der Waals surface area contributed by atoms with E-state index in [2.05, 4.69) is 0 Å². The second-order valence-corrected chi connectivity index (χ2v) is 12.0. The standard InChI is InChI=1S/C14H9NO14S4/c15-12-7(33(27,28)29)3-6(32(24,25)26)10-11(12)14(17)9-5(31(21,22)23)2-1-4(30(18,19)20)8(9)13(10)16/h1-3H,15H2,(H,18,19,20)(H,21,22,23)(H,24,25,26)(H,27,28,29). The molecule has 0 unspecified atom stereocenters. The van der Waals surface area contributed by atoms with Gasteiger partial charge >= 0.3 is 0 Å². The number of rotatable bonds is 4. The molecule has 0 saturated heterocycles. The van der Waals surface area contributed by atoms with Crippen molar-refractivity contribution in [2.45, 2.75) is 19.6 Å². The number of hydrogen-bond donors (Lipinski definition) is 5. The molecule has 0 radical (unpaired) electrons. The summed E-state index contributed by atoms with van der Waals surface area (Å²) >= 11 is 0. The number of nitrogens with two attached hydrogens (primary N) is 1. The topological polar surface area (TPSA) is 278 Å². The van der Waals surface area contributed by atoms with E-state index in [9.17, 15) is 61.5 Å². The average Bonchev–Trinajstić information content (AvgIpc) is 2.61.